The summed E-state index contributed by atoms with van der Waals surface area (Å²) in [4.78, 5) is 17.7. The molecular formula is C18H29N3O3. The zero-order chi connectivity index (χ0) is 17.5. The topological polar surface area (TPSA) is 56.3 Å². The van der Waals surface area contributed by atoms with Crippen LogP contribution in [0.3, 0.4) is 0 Å². The number of carboxylic acid groups (broad SMARTS) is 1. The number of morpholine rings is 1. The van der Waals surface area contributed by atoms with Crippen molar-refractivity contribution in [3.05, 3.63) is 23.5 Å². The Morgan fingerprint density at radius 1 is 1.29 bits per heavy atom. The van der Waals surface area contributed by atoms with Crippen molar-refractivity contribution in [2.75, 3.05) is 32.8 Å². The average molecular weight is 335 g/mol. The zero-order valence-corrected chi connectivity index (χ0v) is 15.2. The normalized spacial score (nSPS) is 28.2. The van der Waals surface area contributed by atoms with Gasteiger partial charge in [0.1, 0.15) is 5.82 Å². The van der Waals surface area contributed by atoms with Gasteiger partial charge in [0.25, 0.3) is 0 Å². The number of ether oxygens (including phenoxy) is 1. The number of piperidine rings is 1. The van der Waals surface area contributed by atoms with Crippen LogP contribution in [0.5, 0.6) is 0 Å². The molecule has 0 spiro atoms. The van der Waals surface area contributed by atoms with E-state index in [2.05, 4.69) is 49.6 Å². The minimum atomic E-state index is -0.826. The van der Waals surface area contributed by atoms with Gasteiger partial charge in [-0.3, -0.25) is 0 Å². The summed E-state index contributed by atoms with van der Waals surface area (Å²) in [5, 5.41) is 9.29. The highest BCUT2D eigenvalue weighted by atomic mass is 16.5. The van der Waals surface area contributed by atoms with Crippen LogP contribution in [0.4, 0.5) is 4.79 Å². The highest BCUT2D eigenvalue weighted by Crippen LogP contribution is 2.36. The molecule has 2 fully saturated rings. The van der Waals surface area contributed by atoms with Gasteiger partial charge >= 0.3 is 6.09 Å². The van der Waals surface area contributed by atoms with Crippen LogP contribution < -0.4 is 0 Å². The van der Waals surface area contributed by atoms with E-state index in [1.54, 1.807) is 0 Å². The van der Waals surface area contributed by atoms with Crippen LogP contribution >= 0.6 is 0 Å². The molecule has 1 unspecified atom stereocenters. The Labute approximate surface area is 144 Å². The molecule has 134 valence electrons. The van der Waals surface area contributed by atoms with Gasteiger partial charge in [-0.25, -0.2) is 4.79 Å². The van der Waals surface area contributed by atoms with Gasteiger partial charge in [-0.15, -0.1) is 0 Å². The summed E-state index contributed by atoms with van der Waals surface area (Å²) in [7, 11) is 0. The van der Waals surface area contributed by atoms with Gasteiger partial charge < -0.3 is 24.5 Å². The van der Waals surface area contributed by atoms with Crippen molar-refractivity contribution >= 4 is 6.09 Å². The number of likely N-dealkylation sites (tertiary alicyclic amines) is 1. The first kappa shape index (κ1) is 17.1. The lowest BCUT2D eigenvalue weighted by Gasteiger charge is -2.53. The molecule has 3 heterocycles. The predicted molar refractivity (Wildman–Crippen MR) is 92.7 cm³/mol. The van der Waals surface area contributed by atoms with Gasteiger partial charge in [-0.05, 0) is 45.8 Å². The predicted octanol–water partition coefficient (Wildman–Crippen LogP) is 2.34. The Bertz CT molecular complexity index is 564. The molecule has 0 aromatic carbocycles. The second kappa shape index (κ2) is 6.31. The van der Waals surface area contributed by atoms with E-state index in [1.807, 2.05) is 0 Å². The first-order valence-electron chi connectivity index (χ1n) is 8.81. The van der Waals surface area contributed by atoms with E-state index in [4.69, 9.17) is 4.74 Å². The molecule has 0 aliphatic carbocycles. The van der Waals surface area contributed by atoms with E-state index >= 15 is 0 Å². The lowest BCUT2D eigenvalue weighted by molar-refractivity contribution is -0.0197. The molecular weight excluding hydrogens is 306 g/mol. The average Bonchev–Trinajstić information content (AvgIpc) is 2.52. The molecule has 1 amide bonds. The molecule has 0 radical (unpaired) electrons. The van der Waals surface area contributed by atoms with Gasteiger partial charge in [0, 0.05) is 25.2 Å². The number of fused-ring (bicyclic) bond motifs is 1. The lowest BCUT2D eigenvalue weighted by atomic mass is 9.89. The lowest BCUT2D eigenvalue weighted by Crippen LogP contribution is -2.59. The minimum absolute atomic E-state index is 0.0283. The van der Waals surface area contributed by atoms with Crippen molar-refractivity contribution in [3.8, 4) is 0 Å². The number of nitrogens with zero attached hydrogens (tertiary/aromatic N) is 3. The summed E-state index contributed by atoms with van der Waals surface area (Å²) in [5.74, 6) is 1.25. The van der Waals surface area contributed by atoms with Crippen molar-refractivity contribution in [1.82, 2.24) is 14.7 Å². The Balaban J connectivity index is 1.93. The maximum absolute atomic E-state index is 11.3. The fourth-order valence-electron chi connectivity index (χ4n) is 4.02. The van der Waals surface area contributed by atoms with Crippen LogP contribution in [0.2, 0.25) is 0 Å². The maximum Gasteiger partial charge on any atom is 0.407 e. The summed E-state index contributed by atoms with van der Waals surface area (Å²) >= 11 is 0. The molecule has 6 nitrogen and oxygen atoms in total. The van der Waals surface area contributed by atoms with Gasteiger partial charge in [-0.1, -0.05) is 6.08 Å². The molecule has 2 saturated heterocycles. The maximum atomic E-state index is 11.3. The largest absolute Gasteiger partial charge is 0.465 e. The molecule has 0 aromatic heterocycles. The van der Waals surface area contributed by atoms with Crippen LogP contribution in [0, 0.1) is 0 Å². The first-order valence-corrected chi connectivity index (χ1v) is 8.81. The van der Waals surface area contributed by atoms with E-state index in [0.717, 1.165) is 26.2 Å². The minimum Gasteiger partial charge on any atom is -0.465 e. The van der Waals surface area contributed by atoms with Crippen LogP contribution in [-0.4, -0.2) is 76.4 Å². The molecule has 0 aromatic rings. The first-order chi connectivity index (χ1) is 11.3. The van der Waals surface area contributed by atoms with E-state index in [9.17, 15) is 9.90 Å². The van der Waals surface area contributed by atoms with E-state index in [-0.39, 0.29) is 11.6 Å². The summed E-state index contributed by atoms with van der Waals surface area (Å²) in [6.07, 6.45) is 4.32. The smallest absolute Gasteiger partial charge is 0.407 e. The van der Waals surface area contributed by atoms with Crippen LogP contribution in [-0.2, 0) is 4.74 Å². The third kappa shape index (κ3) is 3.11. The molecule has 6 heteroatoms. The van der Waals surface area contributed by atoms with Gasteiger partial charge in [0.2, 0.25) is 0 Å². The third-order valence-corrected chi connectivity index (χ3v) is 5.13. The number of hydrogen-bond acceptors (Lipinski definition) is 4. The van der Waals surface area contributed by atoms with E-state index in [1.165, 1.54) is 16.3 Å². The number of amides is 1. The zero-order valence-electron chi connectivity index (χ0n) is 15.2. The Hall–Kier alpha value is -1.69. The summed E-state index contributed by atoms with van der Waals surface area (Å²) in [6, 6.07) is 0.625. The summed E-state index contributed by atoms with van der Waals surface area (Å²) < 4.78 is 5.60. The van der Waals surface area contributed by atoms with Crippen LogP contribution in [0.15, 0.2) is 23.5 Å². The highest BCUT2D eigenvalue weighted by Gasteiger charge is 2.40. The standard InChI is InChI=1S/C18H29N3O3/c1-13-12-24-10-9-20(13)16-6-5-14-11-19(17(22)23)8-7-15(14)21(16)18(2,3)4/h5-6,13,15H,7-12H2,1-4H3,(H,22,23)/t13-,15?/m1/s1. The number of carbonyl (C=O) groups is 1. The van der Waals surface area contributed by atoms with Crippen molar-refractivity contribution in [3.63, 3.8) is 0 Å². The molecule has 0 saturated carbocycles. The summed E-state index contributed by atoms with van der Waals surface area (Å²) in [5.41, 5.74) is 1.17. The van der Waals surface area contributed by atoms with Crippen LogP contribution in [0.25, 0.3) is 0 Å². The Morgan fingerprint density at radius 3 is 2.67 bits per heavy atom. The fourth-order valence-corrected chi connectivity index (χ4v) is 4.02. The molecule has 3 aliphatic rings. The van der Waals surface area contributed by atoms with Gasteiger partial charge in [0.05, 0.1) is 25.3 Å². The molecule has 3 aliphatic heterocycles. The van der Waals surface area contributed by atoms with Gasteiger partial charge in [0.15, 0.2) is 0 Å². The monoisotopic (exact) mass is 335 g/mol. The fraction of sp³-hybridized carbons (Fsp3) is 0.722. The van der Waals surface area contributed by atoms with Crippen molar-refractivity contribution in [2.45, 2.75) is 51.7 Å². The van der Waals surface area contributed by atoms with Gasteiger partial charge in [-0.2, -0.15) is 0 Å². The highest BCUT2D eigenvalue weighted by molar-refractivity contribution is 5.66. The molecule has 3 rings (SSSR count). The molecule has 0 bridgehead atoms. The van der Waals surface area contributed by atoms with E-state index < -0.39 is 6.09 Å². The molecule has 24 heavy (non-hydrogen) atoms. The Morgan fingerprint density at radius 2 is 2.04 bits per heavy atom. The van der Waals surface area contributed by atoms with Crippen molar-refractivity contribution in [2.24, 2.45) is 0 Å². The quantitative estimate of drug-likeness (QED) is 0.797. The second-order valence-corrected chi connectivity index (χ2v) is 7.93. The molecule has 2 atom stereocenters. The number of rotatable bonds is 1. The van der Waals surface area contributed by atoms with Crippen LogP contribution in [0.1, 0.15) is 34.1 Å². The second-order valence-electron chi connectivity index (χ2n) is 7.93. The SMILES string of the molecule is C[C@@H]1COCCN1C1=CC=C2CN(C(=O)O)CCC2N1C(C)(C)C. The van der Waals surface area contributed by atoms with E-state index in [0.29, 0.717) is 19.1 Å². The molecule has 1 N–H and O–H groups in total. The third-order valence-electron chi connectivity index (χ3n) is 5.13. The Kier molecular flexibility index (Phi) is 4.51. The number of allylic oxidation sites excluding steroid dienone is 2. The van der Waals surface area contributed by atoms with Crippen molar-refractivity contribution in [1.29, 1.82) is 0 Å². The summed E-state index contributed by atoms with van der Waals surface area (Å²) in [6.45, 7) is 12.4. The van der Waals surface area contributed by atoms with Crippen molar-refractivity contribution < 1.29 is 14.6 Å². The number of hydrogen-bond donors (Lipinski definition) is 1.